The van der Waals surface area contributed by atoms with E-state index in [1.807, 2.05) is 35.2 Å². The minimum absolute atomic E-state index is 0.0140. The lowest BCUT2D eigenvalue weighted by molar-refractivity contribution is -0.125. The van der Waals surface area contributed by atoms with E-state index in [-0.39, 0.29) is 5.91 Å². The van der Waals surface area contributed by atoms with Crippen LogP contribution in [0.2, 0.25) is 0 Å². The molecule has 5 rings (SSSR count). The van der Waals surface area contributed by atoms with Crippen LogP contribution in [-0.2, 0) is 9.59 Å². The van der Waals surface area contributed by atoms with Gasteiger partial charge in [0, 0.05) is 57.8 Å². The number of hydrogen-bond acceptors (Lipinski definition) is 7. The number of amides is 1. The van der Waals surface area contributed by atoms with Gasteiger partial charge in [0.2, 0.25) is 5.91 Å². The van der Waals surface area contributed by atoms with Crippen molar-refractivity contribution < 1.29 is 14.3 Å². The van der Waals surface area contributed by atoms with Crippen molar-refractivity contribution in [2.75, 3.05) is 37.3 Å². The van der Waals surface area contributed by atoms with Crippen LogP contribution in [0.25, 0.3) is 11.6 Å². The van der Waals surface area contributed by atoms with Crippen molar-refractivity contribution in [3.05, 3.63) is 84.3 Å². The van der Waals surface area contributed by atoms with E-state index >= 15 is 0 Å². The van der Waals surface area contributed by atoms with Gasteiger partial charge in [-0.2, -0.15) is 0 Å². The number of carbonyl (C=O) groups is 2. The Morgan fingerprint density at radius 1 is 1.13 bits per heavy atom. The molecule has 2 atom stereocenters. The third-order valence-corrected chi connectivity index (χ3v) is 6.95. The predicted molar refractivity (Wildman–Crippen MR) is 149 cm³/mol. The average molecular weight is 510 g/mol. The molecule has 1 aliphatic heterocycles. The summed E-state index contributed by atoms with van der Waals surface area (Å²) in [6.45, 7) is 2.02. The van der Waals surface area contributed by atoms with E-state index < -0.39 is 0 Å². The van der Waals surface area contributed by atoms with Gasteiger partial charge >= 0.3 is 0 Å². The van der Waals surface area contributed by atoms with Gasteiger partial charge in [-0.25, -0.2) is 4.98 Å². The molecule has 2 unspecified atom stereocenters. The predicted octanol–water partition coefficient (Wildman–Crippen LogP) is 4.89. The zero-order valence-corrected chi connectivity index (χ0v) is 21.3. The van der Waals surface area contributed by atoms with Gasteiger partial charge in [0.25, 0.3) is 0 Å². The molecule has 8 nitrogen and oxygen atoms in total. The molecule has 1 aliphatic carbocycles. The summed E-state index contributed by atoms with van der Waals surface area (Å²) in [4.78, 5) is 33.9. The maximum atomic E-state index is 12.9. The SMILES string of the molecule is CNc1ncc(/C=C/C(=O)N2CC3C=C(c4ccc(Oc5ccncc5)cc4)CC3C2)cc1NCCC=O. The number of aromatic nitrogens is 2. The number of rotatable bonds is 10. The number of benzene rings is 1. The van der Waals surface area contributed by atoms with Crippen LogP contribution in [0.5, 0.6) is 11.5 Å². The maximum Gasteiger partial charge on any atom is 0.246 e. The van der Waals surface area contributed by atoms with E-state index in [1.165, 1.54) is 11.1 Å². The molecular weight excluding hydrogens is 478 g/mol. The van der Waals surface area contributed by atoms with E-state index in [0.717, 1.165) is 48.5 Å². The highest BCUT2D eigenvalue weighted by Gasteiger charge is 2.37. The molecular formula is C30H31N5O3. The first-order chi connectivity index (χ1) is 18.6. The fourth-order valence-electron chi connectivity index (χ4n) is 5.03. The van der Waals surface area contributed by atoms with Gasteiger partial charge < -0.3 is 25.1 Å². The minimum atomic E-state index is 0.0140. The summed E-state index contributed by atoms with van der Waals surface area (Å²) < 4.78 is 5.87. The van der Waals surface area contributed by atoms with Crippen LogP contribution >= 0.6 is 0 Å². The van der Waals surface area contributed by atoms with Crippen LogP contribution in [-0.4, -0.2) is 53.7 Å². The minimum Gasteiger partial charge on any atom is -0.457 e. The normalized spacial score (nSPS) is 18.2. The average Bonchev–Trinajstić information content (AvgIpc) is 3.53. The van der Waals surface area contributed by atoms with Crippen molar-refractivity contribution in [3.63, 3.8) is 0 Å². The second-order valence-corrected chi connectivity index (χ2v) is 9.50. The van der Waals surface area contributed by atoms with Gasteiger partial charge in [0.1, 0.15) is 23.6 Å². The molecule has 3 aromatic rings. The summed E-state index contributed by atoms with van der Waals surface area (Å²) in [5.41, 5.74) is 4.16. The number of nitrogens with zero attached hydrogens (tertiary/aromatic N) is 3. The molecule has 2 aromatic heterocycles. The Morgan fingerprint density at radius 2 is 1.92 bits per heavy atom. The van der Waals surface area contributed by atoms with E-state index in [4.69, 9.17) is 4.74 Å². The summed E-state index contributed by atoms with van der Waals surface area (Å²) in [5.74, 6) is 3.09. The molecule has 2 aliphatic rings. The second-order valence-electron chi connectivity index (χ2n) is 9.50. The number of anilines is 2. The summed E-state index contributed by atoms with van der Waals surface area (Å²) in [6, 6.07) is 13.8. The van der Waals surface area contributed by atoms with Crippen molar-refractivity contribution in [1.29, 1.82) is 0 Å². The monoisotopic (exact) mass is 509 g/mol. The molecule has 194 valence electrons. The van der Waals surface area contributed by atoms with Crippen LogP contribution in [0.3, 0.4) is 0 Å². The topological polar surface area (TPSA) is 96.5 Å². The van der Waals surface area contributed by atoms with Crippen molar-refractivity contribution in [3.8, 4) is 11.5 Å². The number of allylic oxidation sites excluding steroid dienone is 1. The fraction of sp³-hybridized carbons (Fsp3) is 0.267. The highest BCUT2D eigenvalue weighted by atomic mass is 16.5. The Hall–Kier alpha value is -4.46. The van der Waals surface area contributed by atoms with Gasteiger partial charge in [0.05, 0.1) is 5.69 Å². The Balaban J connectivity index is 1.17. The van der Waals surface area contributed by atoms with Crippen molar-refractivity contribution in [2.24, 2.45) is 11.8 Å². The molecule has 2 N–H and O–H groups in total. The number of hydrogen-bond donors (Lipinski definition) is 2. The quantitative estimate of drug-likeness (QED) is 0.228. The lowest BCUT2D eigenvalue weighted by atomic mass is 9.98. The lowest BCUT2D eigenvalue weighted by Crippen LogP contribution is -2.27. The summed E-state index contributed by atoms with van der Waals surface area (Å²) >= 11 is 0. The molecule has 8 heteroatoms. The first-order valence-electron chi connectivity index (χ1n) is 12.8. The van der Waals surface area contributed by atoms with E-state index in [2.05, 4.69) is 38.8 Å². The van der Waals surface area contributed by atoms with Crippen LogP contribution in [0.1, 0.15) is 24.0 Å². The van der Waals surface area contributed by atoms with E-state index in [0.29, 0.717) is 30.6 Å². The Morgan fingerprint density at radius 3 is 2.66 bits per heavy atom. The van der Waals surface area contributed by atoms with E-state index in [1.54, 1.807) is 37.8 Å². The number of likely N-dealkylation sites (tertiary alicyclic amines) is 1. The summed E-state index contributed by atoms with van der Waals surface area (Å²) in [5, 5.41) is 6.24. The van der Waals surface area contributed by atoms with E-state index in [9.17, 15) is 9.59 Å². The second kappa shape index (κ2) is 11.7. The number of fused-ring (bicyclic) bond motifs is 1. The van der Waals surface area contributed by atoms with Crippen molar-refractivity contribution in [2.45, 2.75) is 12.8 Å². The number of ether oxygens (including phenoxy) is 1. The van der Waals surface area contributed by atoms with Gasteiger partial charge in [-0.1, -0.05) is 18.2 Å². The van der Waals surface area contributed by atoms with Crippen molar-refractivity contribution >= 4 is 35.3 Å². The Kier molecular flexibility index (Phi) is 7.78. The van der Waals surface area contributed by atoms with Gasteiger partial charge in [0.15, 0.2) is 0 Å². The number of pyridine rings is 2. The molecule has 0 bridgehead atoms. The largest absolute Gasteiger partial charge is 0.457 e. The molecule has 0 spiro atoms. The van der Waals surface area contributed by atoms with Gasteiger partial charge in [-0.05, 0) is 71.4 Å². The molecule has 1 amide bonds. The molecule has 1 saturated heterocycles. The van der Waals surface area contributed by atoms with Gasteiger partial charge in [-0.3, -0.25) is 9.78 Å². The maximum absolute atomic E-state index is 12.9. The molecule has 1 aromatic carbocycles. The zero-order chi connectivity index (χ0) is 26.3. The smallest absolute Gasteiger partial charge is 0.246 e. The fourth-order valence-corrected chi connectivity index (χ4v) is 5.03. The molecule has 3 heterocycles. The third-order valence-electron chi connectivity index (χ3n) is 6.95. The number of aldehydes is 1. The zero-order valence-electron chi connectivity index (χ0n) is 21.3. The first-order valence-corrected chi connectivity index (χ1v) is 12.8. The molecule has 38 heavy (non-hydrogen) atoms. The van der Waals surface area contributed by atoms with Crippen LogP contribution < -0.4 is 15.4 Å². The lowest BCUT2D eigenvalue weighted by Gasteiger charge is -2.15. The highest BCUT2D eigenvalue weighted by molar-refractivity contribution is 5.92. The number of nitrogens with one attached hydrogen (secondary N) is 2. The summed E-state index contributed by atoms with van der Waals surface area (Å²) in [6.07, 6.45) is 13.2. The first kappa shape index (κ1) is 25.2. The van der Waals surface area contributed by atoms with Crippen LogP contribution in [0.15, 0.2) is 73.2 Å². The Labute approximate surface area is 222 Å². The van der Waals surface area contributed by atoms with Crippen LogP contribution in [0, 0.1) is 11.8 Å². The Bertz CT molecular complexity index is 1340. The molecule has 1 fully saturated rings. The summed E-state index contributed by atoms with van der Waals surface area (Å²) in [7, 11) is 1.80. The molecule has 0 radical (unpaired) electrons. The standard InChI is InChI=1S/C30H31N5O3/c1-31-30-28(33-11-2-14-36)15-21(18-34-30)3-8-29(37)35-19-24-16-23(17-25(24)20-35)22-4-6-26(7-5-22)38-27-9-12-32-13-10-27/h3-10,12-16,18,24-25,33H,2,11,17,19-20H2,1H3,(H,31,34)/b8-3+. The highest BCUT2D eigenvalue weighted by Crippen LogP contribution is 2.41. The molecule has 0 saturated carbocycles. The third kappa shape index (κ3) is 5.91. The van der Waals surface area contributed by atoms with Crippen molar-refractivity contribution in [1.82, 2.24) is 14.9 Å². The number of carbonyl (C=O) groups excluding carboxylic acids is 2. The van der Waals surface area contributed by atoms with Gasteiger partial charge in [-0.15, -0.1) is 0 Å². The van der Waals surface area contributed by atoms with Crippen LogP contribution in [0.4, 0.5) is 11.5 Å².